The van der Waals surface area contributed by atoms with Crippen molar-refractivity contribution < 1.29 is 4.74 Å². The molecule has 112 valence electrons. The standard InChI is InChI=1S/C18H19N3O/c1-2-22-17-10-8-14(9-11-17)18-15(12-19)13-21(20-18)16-6-4-3-5-7-16/h3-11,13H,2,12,19H2,1H3. The molecule has 0 amide bonds. The topological polar surface area (TPSA) is 53.1 Å². The highest BCUT2D eigenvalue weighted by Crippen LogP contribution is 2.25. The maximum absolute atomic E-state index is 5.88. The molecule has 0 aliphatic carbocycles. The average Bonchev–Trinajstić information content (AvgIpc) is 3.01. The summed E-state index contributed by atoms with van der Waals surface area (Å²) in [6.45, 7) is 3.09. The molecule has 0 fully saturated rings. The summed E-state index contributed by atoms with van der Waals surface area (Å²) in [5, 5.41) is 4.69. The van der Waals surface area contributed by atoms with Crippen LogP contribution in [0.3, 0.4) is 0 Å². The first-order chi connectivity index (χ1) is 10.8. The molecule has 4 heteroatoms. The van der Waals surface area contributed by atoms with Crippen LogP contribution in [-0.4, -0.2) is 16.4 Å². The van der Waals surface area contributed by atoms with E-state index >= 15 is 0 Å². The maximum Gasteiger partial charge on any atom is 0.119 e. The first-order valence-corrected chi connectivity index (χ1v) is 7.39. The fourth-order valence-electron chi connectivity index (χ4n) is 2.39. The van der Waals surface area contributed by atoms with Crippen LogP contribution in [0.15, 0.2) is 60.8 Å². The number of hydrogen-bond donors (Lipinski definition) is 1. The minimum Gasteiger partial charge on any atom is -0.494 e. The zero-order valence-electron chi connectivity index (χ0n) is 12.6. The van der Waals surface area contributed by atoms with E-state index in [4.69, 9.17) is 15.6 Å². The van der Waals surface area contributed by atoms with Gasteiger partial charge in [-0.2, -0.15) is 5.10 Å². The highest BCUT2D eigenvalue weighted by molar-refractivity contribution is 5.64. The molecule has 1 heterocycles. The molecule has 3 aromatic rings. The Balaban J connectivity index is 1.98. The van der Waals surface area contributed by atoms with Gasteiger partial charge in [-0.1, -0.05) is 18.2 Å². The Morgan fingerprint density at radius 1 is 1.05 bits per heavy atom. The van der Waals surface area contributed by atoms with Gasteiger partial charge in [0.15, 0.2) is 0 Å². The summed E-state index contributed by atoms with van der Waals surface area (Å²) in [4.78, 5) is 0. The van der Waals surface area contributed by atoms with E-state index in [0.29, 0.717) is 13.2 Å². The monoisotopic (exact) mass is 293 g/mol. The molecule has 22 heavy (non-hydrogen) atoms. The van der Waals surface area contributed by atoms with Crippen molar-refractivity contribution in [3.8, 4) is 22.7 Å². The Bertz CT molecular complexity index is 733. The van der Waals surface area contributed by atoms with Gasteiger partial charge >= 0.3 is 0 Å². The zero-order chi connectivity index (χ0) is 15.4. The highest BCUT2D eigenvalue weighted by atomic mass is 16.5. The third kappa shape index (κ3) is 2.87. The van der Waals surface area contributed by atoms with Crippen LogP contribution in [0.5, 0.6) is 5.75 Å². The lowest BCUT2D eigenvalue weighted by atomic mass is 10.1. The predicted molar refractivity (Wildman–Crippen MR) is 88.1 cm³/mol. The van der Waals surface area contributed by atoms with Gasteiger partial charge in [0, 0.05) is 23.9 Å². The van der Waals surface area contributed by atoms with Crippen molar-refractivity contribution in [2.24, 2.45) is 5.73 Å². The molecule has 0 aliphatic heterocycles. The summed E-state index contributed by atoms with van der Waals surface area (Å²) in [5.74, 6) is 0.864. The molecule has 0 unspecified atom stereocenters. The Kier molecular flexibility index (Phi) is 4.21. The normalized spacial score (nSPS) is 10.6. The van der Waals surface area contributed by atoms with Gasteiger partial charge in [0.05, 0.1) is 18.0 Å². The smallest absolute Gasteiger partial charge is 0.119 e. The van der Waals surface area contributed by atoms with Crippen molar-refractivity contribution in [1.82, 2.24) is 9.78 Å². The van der Waals surface area contributed by atoms with Crippen molar-refractivity contribution in [3.63, 3.8) is 0 Å². The lowest BCUT2D eigenvalue weighted by molar-refractivity contribution is 0.340. The molecule has 2 N–H and O–H groups in total. The molecular weight excluding hydrogens is 274 g/mol. The molecular formula is C18H19N3O. The van der Waals surface area contributed by atoms with Gasteiger partial charge in [-0.15, -0.1) is 0 Å². The molecule has 4 nitrogen and oxygen atoms in total. The predicted octanol–water partition coefficient (Wildman–Crippen LogP) is 3.40. The Morgan fingerprint density at radius 3 is 2.41 bits per heavy atom. The first-order valence-electron chi connectivity index (χ1n) is 7.39. The second kappa shape index (κ2) is 6.45. The molecule has 0 atom stereocenters. The van der Waals surface area contributed by atoms with E-state index in [0.717, 1.165) is 28.3 Å². The second-order valence-corrected chi connectivity index (χ2v) is 4.94. The number of hydrogen-bond acceptors (Lipinski definition) is 3. The van der Waals surface area contributed by atoms with Crippen molar-refractivity contribution in [1.29, 1.82) is 0 Å². The van der Waals surface area contributed by atoms with Crippen LogP contribution in [0.2, 0.25) is 0 Å². The van der Waals surface area contributed by atoms with E-state index in [1.54, 1.807) is 0 Å². The van der Waals surface area contributed by atoms with Gasteiger partial charge in [0.25, 0.3) is 0 Å². The van der Waals surface area contributed by atoms with Crippen LogP contribution in [-0.2, 0) is 6.54 Å². The number of ether oxygens (including phenoxy) is 1. The van der Waals surface area contributed by atoms with Crippen LogP contribution >= 0.6 is 0 Å². The van der Waals surface area contributed by atoms with E-state index in [1.807, 2.05) is 72.4 Å². The third-order valence-corrected chi connectivity index (χ3v) is 3.47. The van der Waals surface area contributed by atoms with E-state index in [-0.39, 0.29) is 0 Å². The molecule has 1 aromatic heterocycles. The fourth-order valence-corrected chi connectivity index (χ4v) is 2.39. The van der Waals surface area contributed by atoms with Crippen molar-refractivity contribution in [2.75, 3.05) is 6.61 Å². The van der Waals surface area contributed by atoms with E-state index < -0.39 is 0 Å². The van der Waals surface area contributed by atoms with Gasteiger partial charge in [0.2, 0.25) is 0 Å². The average molecular weight is 293 g/mol. The first kappa shape index (κ1) is 14.4. The van der Waals surface area contributed by atoms with Crippen molar-refractivity contribution in [3.05, 3.63) is 66.4 Å². The number of rotatable bonds is 5. The lowest BCUT2D eigenvalue weighted by Crippen LogP contribution is -1.96. The summed E-state index contributed by atoms with van der Waals surface area (Å²) < 4.78 is 7.35. The number of nitrogens with zero attached hydrogens (tertiary/aromatic N) is 2. The summed E-state index contributed by atoms with van der Waals surface area (Å²) in [7, 11) is 0. The SMILES string of the molecule is CCOc1ccc(-c2nn(-c3ccccc3)cc2CN)cc1. The number of aromatic nitrogens is 2. The van der Waals surface area contributed by atoms with Crippen LogP contribution in [0.25, 0.3) is 16.9 Å². The molecule has 2 aromatic carbocycles. The molecule has 0 bridgehead atoms. The quantitative estimate of drug-likeness (QED) is 0.784. The summed E-state index contributed by atoms with van der Waals surface area (Å²) in [6.07, 6.45) is 1.99. The van der Waals surface area contributed by atoms with E-state index in [9.17, 15) is 0 Å². The van der Waals surface area contributed by atoms with Gasteiger partial charge in [-0.3, -0.25) is 0 Å². The largest absolute Gasteiger partial charge is 0.494 e. The zero-order valence-corrected chi connectivity index (χ0v) is 12.6. The molecule has 0 radical (unpaired) electrons. The molecule has 0 saturated heterocycles. The number of benzene rings is 2. The number of para-hydroxylation sites is 1. The van der Waals surface area contributed by atoms with Gasteiger partial charge in [0.1, 0.15) is 5.75 Å². The van der Waals surface area contributed by atoms with Crippen molar-refractivity contribution >= 4 is 0 Å². The summed E-state index contributed by atoms with van der Waals surface area (Å²) >= 11 is 0. The number of nitrogens with two attached hydrogens (primary N) is 1. The Morgan fingerprint density at radius 2 is 1.77 bits per heavy atom. The van der Waals surface area contributed by atoms with E-state index in [1.165, 1.54) is 0 Å². The minimum atomic E-state index is 0.454. The van der Waals surface area contributed by atoms with Gasteiger partial charge in [-0.25, -0.2) is 4.68 Å². The van der Waals surface area contributed by atoms with Crippen LogP contribution in [0.1, 0.15) is 12.5 Å². The van der Waals surface area contributed by atoms with Gasteiger partial charge < -0.3 is 10.5 Å². The maximum atomic E-state index is 5.88. The Hall–Kier alpha value is -2.59. The minimum absolute atomic E-state index is 0.454. The fraction of sp³-hybridized carbons (Fsp3) is 0.167. The Labute approximate surface area is 130 Å². The molecule has 3 rings (SSSR count). The molecule has 0 saturated carbocycles. The van der Waals surface area contributed by atoms with E-state index in [2.05, 4.69) is 0 Å². The third-order valence-electron chi connectivity index (χ3n) is 3.47. The van der Waals surface area contributed by atoms with Crippen LogP contribution < -0.4 is 10.5 Å². The lowest BCUT2D eigenvalue weighted by Gasteiger charge is -2.04. The second-order valence-electron chi connectivity index (χ2n) is 4.94. The van der Waals surface area contributed by atoms with Crippen LogP contribution in [0, 0.1) is 0 Å². The van der Waals surface area contributed by atoms with Crippen molar-refractivity contribution in [2.45, 2.75) is 13.5 Å². The highest BCUT2D eigenvalue weighted by Gasteiger charge is 2.11. The summed E-state index contributed by atoms with van der Waals surface area (Å²) in [5.41, 5.74) is 9.87. The van der Waals surface area contributed by atoms with Crippen LogP contribution in [0.4, 0.5) is 0 Å². The summed E-state index contributed by atoms with van der Waals surface area (Å²) in [6, 6.07) is 18.0. The molecule has 0 aliphatic rings. The van der Waals surface area contributed by atoms with Gasteiger partial charge in [-0.05, 0) is 43.3 Å². The molecule has 0 spiro atoms.